The van der Waals surface area contributed by atoms with Gasteiger partial charge in [-0.3, -0.25) is 23.7 Å². The number of fused-ring (bicyclic) bond motifs is 2. The van der Waals surface area contributed by atoms with Gasteiger partial charge < -0.3 is 40.5 Å². The van der Waals surface area contributed by atoms with Crippen molar-refractivity contribution >= 4 is 62.9 Å². The van der Waals surface area contributed by atoms with Crippen LogP contribution in [0.5, 0.6) is 0 Å². The van der Waals surface area contributed by atoms with Crippen LogP contribution in [0.2, 0.25) is 5.02 Å². The van der Waals surface area contributed by atoms with Crippen molar-refractivity contribution in [2.45, 2.75) is 83.6 Å². The molecule has 0 aliphatic carbocycles. The van der Waals surface area contributed by atoms with E-state index in [1.54, 1.807) is 42.5 Å². The maximum absolute atomic E-state index is 14.3. The van der Waals surface area contributed by atoms with Crippen molar-refractivity contribution in [1.82, 2.24) is 39.9 Å². The van der Waals surface area contributed by atoms with E-state index >= 15 is 0 Å². The quantitative estimate of drug-likeness (QED) is 0.0672. The van der Waals surface area contributed by atoms with Crippen LogP contribution in [0.3, 0.4) is 0 Å². The average molecular weight is 1010 g/mol. The lowest BCUT2D eigenvalue weighted by atomic mass is 9.88. The van der Waals surface area contributed by atoms with E-state index < -0.39 is 17.3 Å². The van der Waals surface area contributed by atoms with E-state index in [-0.39, 0.29) is 55.1 Å². The molecule has 1 unspecified atom stereocenters. The van der Waals surface area contributed by atoms with E-state index in [0.717, 1.165) is 42.9 Å². The van der Waals surface area contributed by atoms with Gasteiger partial charge >= 0.3 is 6.09 Å². The zero-order chi connectivity index (χ0) is 51.7. The van der Waals surface area contributed by atoms with Crippen molar-refractivity contribution in [2.75, 3.05) is 64.7 Å². The standard InChI is InChI=1S/C56H66ClN9O7/c1-55(2,3)73-54(71)59-35-39-12-8-13-40(31-39)47-34-46(57)44-17-15-41(32-49(44)62-47)51(68)58-22-9-14-42(30-38-10-6-5-7-11-38)52(69)65-24-20-56(72,21-25-65)36-66-37-60-48-33-43(16-18-45(48)53(66)70)61-50(67)19-23-64-28-26-63(4)27-29-64/h5-8,10-13,15-18,31-34,37,42,72H,9,14,19-30,35-36H2,1-4H3,(H,58,68)(H,59,71)(H,61,67). The number of halogens is 1. The summed E-state index contributed by atoms with van der Waals surface area (Å²) in [6.07, 6.45) is 3.47. The van der Waals surface area contributed by atoms with E-state index in [4.69, 9.17) is 21.3 Å². The number of nitrogens with zero attached hydrogens (tertiary/aromatic N) is 6. The van der Waals surface area contributed by atoms with Gasteiger partial charge in [-0.2, -0.15) is 0 Å². The molecule has 0 bridgehead atoms. The predicted molar refractivity (Wildman–Crippen MR) is 284 cm³/mol. The van der Waals surface area contributed by atoms with Gasteiger partial charge in [0.05, 0.1) is 45.6 Å². The van der Waals surface area contributed by atoms with E-state index in [1.165, 1.54) is 10.9 Å². The number of alkyl carbamates (subject to hydrolysis) is 1. The Bertz CT molecular complexity index is 3000. The van der Waals surface area contributed by atoms with Crippen molar-refractivity contribution in [3.05, 3.63) is 135 Å². The van der Waals surface area contributed by atoms with Gasteiger partial charge in [0.25, 0.3) is 11.5 Å². The Hall–Kier alpha value is -6.72. The van der Waals surface area contributed by atoms with Crippen LogP contribution in [-0.2, 0) is 33.8 Å². The summed E-state index contributed by atoms with van der Waals surface area (Å²) in [6.45, 7) is 11.2. The predicted octanol–water partition coefficient (Wildman–Crippen LogP) is 7.29. The third-order valence-corrected chi connectivity index (χ3v) is 13.9. The van der Waals surface area contributed by atoms with Gasteiger partial charge in [0, 0.05) is 93.4 Å². The number of carbonyl (C=O) groups excluding carboxylic acids is 4. The number of carbonyl (C=O) groups is 4. The number of nitrogens with one attached hydrogen (secondary N) is 3. The summed E-state index contributed by atoms with van der Waals surface area (Å²) in [7, 11) is 2.10. The Labute approximate surface area is 431 Å². The molecule has 17 heteroatoms. The Kier molecular flexibility index (Phi) is 16.9. The number of rotatable bonds is 17. The number of anilines is 1. The number of piperidine rings is 1. The van der Waals surface area contributed by atoms with Crippen LogP contribution in [0.15, 0.2) is 108 Å². The fraction of sp³-hybridized carbons (Fsp3) is 0.411. The van der Waals surface area contributed by atoms with Gasteiger partial charge in [0.15, 0.2) is 0 Å². The van der Waals surface area contributed by atoms with Crippen LogP contribution in [-0.4, -0.2) is 129 Å². The molecule has 4 N–H and O–H groups in total. The SMILES string of the molecule is CN1CCN(CCC(=O)Nc2ccc3c(=O)n(CC4(O)CCN(C(=O)C(CCCNC(=O)c5ccc6c(Cl)cc(-c7cccc(CNC(=O)OC(C)(C)C)c7)nc6c5)Cc5ccccc5)CC4)cnc3c2)CC1. The van der Waals surface area contributed by atoms with Gasteiger partial charge in [0.1, 0.15) is 5.60 Å². The molecule has 4 aromatic carbocycles. The lowest BCUT2D eigenvalue weighted by molar-refractivity contribution is -0.140. The molecule has 2 saturated heterocycles. The van der Waals surface area contributed by atoms with E-state index in [9.17, 15) is 29.1 Å². The molecule has 1 atom stereocenters. The molecule has 0 radical (unpaired) electrons. The van der Waals surface area contributed by atoms with Gasteiger partial charge in [0.2, 0.25) is 11.8 Å². The lowest BCUT2D eigenvalue weighted by Gasteiger charge is -2.39. The van der Waals surface area contributed by atoms with Crippen LogP contribution in [0, 0.1) is 5.92 Å². The highest BCUT2D eigenvalue weighted by molar-refractivity contribution is 6.35. The summed E-state index contributed by atoms with van der Waals surface area (Å²) in [5, 5.41) is 22.1. The molecular weight excluding hydrogens is 946 g/mol. The number of pyridine rings is 1. The summed E-state index contributed by atoms with van der Waals surface area (Å²) in [6, 6.07) is 29.5. The monoisotopic (exact) mass is 1010 g/mol. The average Bonchev–Trinajstić information content (AvgIpc) is 3.37. The number of aliphatic hydroxyl groups is 1. The normalized spacial score (nSPS) is 15.7. The number of amides is 4. The molecule has 2 aliphatic rings. The summed E-state index contributed by atoms with van der Waals surface area (Å²) in [5.74, 6) is -0.743. The second-order valence-electron chi connectivity index (χ2n) is 20.5. The topological polar surface area (TPSA) is 191 Å². The third-order valence-electron chi connectivity index (χ3n) is 13.6. The Morgan fingerprint density at radius 1 is 0.836 bits per heavy atom. The maximum Gasteiger partial charge on any atom is 0.407 e. The molecule has 0 saturated carbocycles. The fourth-order valence-electron chi connectivity index (χ4n) is 9.45. The minimum Gasteiger partial charge on any atom is -0.444 e. The van der Waals surface area contributed by atoms with Crippen LogP contribution in [0.25, 0.3) is 33.1 Å². The maximum atomic E-state index is 14.3. The molecule has 73 heavy (non-hydrogen) atoms. The zero-order valence-electron chi connectivity index (χ0n) is 42.2. The number of likely N-dealkylation sites (N-methyl/N-ethyl adjacent to an activating group) is 1. The van der Waals surface area contributed by atoms with Crippen molar-refractivity contribution < 1.29 is 29.0 Å². The van der Waals surface area contributed by atoms with Gasteiger partial charge in [-0.1, -0.05) is 66.2 Å². The molecule has 2 aliphatic heterocycles. The fourth-order valence-corrected chi connectivity index (χ4v) is 9.71. The second-order valence-corrected chi connectivity index (χ2v) is 20.9. The number of aromatic nitrogens is 3. The first-order valence-electron chi connectivity index (χ1n) is 25.2. The third kappa shape index (κ3) is 14.3. The molecule has 2 fully saturated rings. The molecule has 0 spiro atoms. The first kappa shape index (κ1) is 52.6. The highest BCUT2D eigenvalue weighted by atomic mass is 35.5. The number of benzene rings is 4. The highest BCUT2D eigenvalue weighted by Gasteiger charge is 2.36. The summed E-state index contributed by atoms with van der Waals surface area (Å²) >= 11 is 6.74. The number of hydrogen-bond acceptors (Lipinski definition) is 11. The van der Waals surface area contributed by atoms with Crippen molar-refractivity contribution in [3.63, 3.8) is 0 Å². The van der Waals surface area contributed by atoms with Gasteiger partial charge in [-0.15, -0.1) is 0 Å². The number of piperazine rings is 1. The van der Waals surface area contributed by atoms with E-state index in [1.807, 2.05) is 80.3 Å². The summed E-state index contributed by atoms with van der Waals surface area (Å²) in [4.78, 5) is 82.2. The Morgan fingerprint density at radius 3 is 2.33 bits per heavy atom. The van der Waals surface area contributed by atoms with E-state index in [0.29, 0.717) is 95.6 Å². The van der Waals surface area contributed by atoms with Crippen molar-refractivity contribution in [3.8, 4) is 11.3 Å². The molecule has 8 rings (SSSR count). The number of ether oxygens (including phenoxy) is 1. The van der Waals surface area contributed by atoms with Crippen molar-refractivity contribution in [2.24, 2.45) is 5.92 Å². The Morgan fingerprint density at radius 2 is 1.58 bits per heavy atom. The van der Waals surface area contributed by atoms with Crippen LogP contribution in [0.4, 0.5) is 10.5 Å². The van der Waals surface area contributed by atoms with Gasteiger partial charge in [-0.25, -0.2) is 14.8 Å². The molecule has 2 aromatic heterocycles. The Balaban J connectivity index is 0.844. The summed E-state index contributed by atoms with van der Waals surface area (Å²) in [5.41, 5.74) is 3.16. The molecule has 384 valence electrons. The van der Waals surface area contributed by atoms with Gasteiger partial charge in [-0.05, 0) is 114 Å². The van der Waals surface area contributed by atoms with E-state index in [2.05, 4.69) is 37.8 Å². The van der Waals surface area contributed by atoms with Crippen LogP contribution in [0.1, 0.15) is 74.4 Å². The first-order valence-corrected chi connectivity index (χ1v) is 25.5. The number of hydrogen-bond donors (Lipinski definition) is 4. The first-order chi connectivity index (χ1) is 35.0. The molecule has 4 heterocycles. The number of likely N-dealkylation sites (tertiary alicyclic amines) is 1. The minimum absolute atomic E-state index is 0.0119. The molecule has 6 aromatic rings. The summed E-state index contributed by atoms with van der Waals surface area (Å²) < 4.78 is 6.79. The second kappa shape index (κ2) is 23.4. The van der Waals surface area contributed by atoms with Crippen LogP contribution >= 0.6 is 11.6 Å². The largest absolute Gasteiger partial charge is 0.444 e. The lowest BCUT2D eigenvalue weighted by Crippen LogP contribution is -2.51. The smallest absolute Gasteiger partial charge is 0.407 e. The van der Waals surface area contributed by atoms with Crippen LogP contribution < -0.4 is 21.5 Å². The minimum atomic E-state index is -1.23. The van der Waals surface area contributed by atoms with Crippen molar-refractivity contribution in [1.29, 1.82) is 0 Å². The highest BCUT2D eigenvalue weighted by Crippen LogP contribution is 2.30. The molecular formula is C56H66ClN9O7. The zero-order valence-corrected chi connectivity index (χ0v) is 42.9. The molecule has 4 amide bonds. The molecule has 16 nitrogen and oxygen atoms in total.